The summed E-state index contributed by atoms with van der Waals surface area (Å²) in [5.41, 5.74) is 0. The van der Waals surface area contributed by atoms with Gasteiger partial charge in [-0.1, -0.05) is 43.6 Å². The van der Waals surface area contributed by atoms with Gasteiger partial charge in [0.05, 0.1) is 26.4 Å². The Hall–Kier alpha value is 1.52. The fourth-order valence-electron chi connectivity index (χ4n) is 1.86. The van der Waals surface area contributed by atoms with Crippen LogP contribution in [0.2, 0.25) is 0 Å². The van der Waals surface area contributed by atoms with Crippen LogP contribution in [0.5, 0.6) is 0 Å². The summed E-state index contributed by atoms with van der Waals surface area (Å²) in [5, 5.41) is 0. The van der Waals surface area contributed by atoms with Crippen LogP contribution in [0.4, 0.5) is 0 Å². The molecule has 7 heteroatoms. The molecule has 0 unspecified atom stereocenters. The highest BCUT2D eigenvalue weighted by Crippen LogP contribution is 2.31. The zero-order valence-corrected chi connectivity index (χ0v) is 13.9. The lowest BCUT2D eigenvalue weighted by Crippen LogP contribution is -2.62. The van der Waals surface area contributed by atoms with Crippen molar-refractivity contribution in [2.75, 3.05) is 52.6 Å². The van der Waals surface area contributed by atoms with Gasteiger partial charge in [-0.15, -0.1) is 0 Å². The molecule has 2 rings (SSSR count). The molecule has 0 amide bonds. The molecule has 2 fully saturated rings. The number of hydrogen-bond donors (Lipinski definition) is 0. The number of rotatable bonds is 2. The van der Waals surface area contributed by atoms with Crippen LogP contribution in [0.3, 0.4) is 0 Å². The Kier molecular flexibility index (Phi) is 5.11. The third-order valence-electron chi connectivity index (χ3n) is 2.78. The molecule has 88 valence electrons. The highest BCUT2D eigenvalue weighted by Gasteiger charge is 2.42. The molecule has 2 saturated heterocycles. The number of ether oxygens (including phenoxy) is 2. The summed E-state index contributed by atoms with van der Waals surface area (Å²) in [5.74, 6) is 0. The monoisotopic (exact) mass is 454 g/mol. The van der Waals surface area contributed by atoms with Gasteiger partial charge in [0, 0.05) is 26.2 Å². The van der Waals surface area contributed by atoms with E-state index in [9.17, 15) is 0 Å². The van der Waals surface area contributed by atoms with E-state index in [1.54, 1.807) is 0 Å². The first-order valence-corrected chi connectivity index (χ1v) is 13.4. The van der Waals surface area contributed by atoms with Gasteiger partial charge < -0.3 is 9.47 Å². The number of hydrogen-bond acceptors (Lipinski definition) is 4. The molecule has 0 saturated carbocycles. The molecule has 0 atom stereocenters. The minimum Gasteiger partial charge on any atom is -0.379 e. The average molecular weight is 454 g/mol. The van der Waals surface area contributed by atoms with Crippen molar-refractivity contribution in [2.45, 2.75) is 0 Å². The summed E-state index contributed by atoms with van der Waals surface area (Å²) >= 11 is 5.36. The topological polar surface area (TPSA) is 24.9 Å². The molecule has 2 aliphatic heterocycles. The third kappa shape index (κ3) is 3.25. The van der Waals surface area contributed by atoms with Crippen molar-refractivity contribution in [3.8, 4) is 0 Å². The van der Waals surface area contributed by atoms with Gasteiger partial charge in [-0.3, -0.25) is 9.13 Å². The summed E-state index contributed by atoms with van der Waals surface area (Å²) in [4.78, 5) is 0. The summed E-state index contributed by atoms with van der Waals surface area (Å²) in [6.07, 6.45) is 0. The maximum absolute atomic E-state index is 5.41. The highest BCUT2D eigenvalue weighted by atomic mass is 127. The number of halogens is 2. The lowest BCUT2D eigenvalue weighted by atomic mass is 10.5. The van der Waals surface area contributed by atoms with Gasteiger partial charge >= 0.3 is 3.39 Å². The summed E-state index contributed by atoms with van der Waals surface area (Å²) in [6.45, 7) is 7.95. The molecule has 0 bridgehead atoms. The molecule has 0 aliphatic carbocycles. The zero-order chi connectivity index (χ0) is 10.7. The largest absolute Gasteiger partial charge is 0.379 e. The fourth-order valence-corrected chi connectivity index (χ4v) is 9.50. The van der Waals surface area contributed by atoms with Crippen molar-refractivity contribution >= 4 is 47.0 Å². The second-order valence-corrected chi connectivity index (χ2v) is 21.2. The second kappa shape index (κ2) is 5.91. The maximum atomic E-state index is 5.41. The normalized spacial score (nSPS) is 26.8. The van der Waals surface area contributed by atoms with Crippen molar-refractivity contribution in [2.24, 2.45) is 0 Å². The lowest BCUT2D eigenvalue weighted by Gasteiger charge is -2.44. The molecular formula is C8H16I2N2O2Si. The minimum absolute atomic E-state index is 0.894. The van der Waals surface area contributed by atoms with Crippen molar-refractivity contribution in [3.63, 3.8) is 0 Å². The van der Waals surface area contributed by atoms with E-state index in [4.69, 9.17) is 9.47 Å². The van der Waals surface area contributed by atoms with E-state index >= 15 is 0 Å². The van der Waals surface area contributed by atoms with Crippen LogP contribution < -0.4 is 0 Å². The van der Waals surface area contributed by atoms with E-state index in [-0.39, 0.29) is 0 Å². The van der Waals surface area contributed by atoms with Crippen LogP contribution in [0.25, 0.3) is 0 Å². The Balaban J connectivity index is 1.96. The minimum atomic E-state index is -1.45. The summed E-state index contributed by atoms with van der Waals surface area (Å²) in [6, 6.07) is 0. The van der Waals surface area contributed by atoms with E-state index in [2.05, 4.69) is 52.7 Å². The van der Waals surface area contributed by atoms with Crippen LogP contribution in [-0.2, 0) is 9.47 Å². The van der Waals surface area contributed by atoms with Gasteiger partial charge in [0.25, 0.3) is 0 Å². The second-order valence-electron chi connectivity index (χ2n) is 3.71. The predicted molar refractivity (Wildman–Crippen MR) is 78.6 cm³/mol. The van der Waals surface area contributed by atoms with E-state index < -0.39 is 3.39 Å². The van der Waals surface area contributed by atoms with Crippen molar-refractivity contribution in [1.29, 1.82) is 0 Å². The molecule has 0 aromatic rings. The van der Waals surface area contributed by atoms with E-state index in [1.807, 2.05) is 0 Å². The van der Waals surface area contributed by atoms with Crippen molar-refractivity contribution < 1.29 is 9.47 Å². The van der Waals surface area contributed by atoms with Crippen LogP contribution in [0, 0.1) is 0 Å². The van der Waals surface area contributed by atoms with Gasteiger partial charge in [0.1, 0.15) is 0 Å². The van der Waals surface area contributed by atoms with Gasteiger partial charge in [-0.05, 0) is 0 Å². The van der Waals surface area contributed by atoms with Crippen LogP contribution >= 0.6 is 43.6 Å². The predicted octanol–water partition coefficient (Wildman–Crippen LogP) is 0.956. The van der Waals surface area contributed by atoms with E-state index in [0.717, 1.165) is 52.6 Å². The molecule has 2 heterocycles. The van der Waals surface area contributed by atoms with Crippen LogP contribution in [0.1, 0.15) is 0 Å². The van der Waals surface area contributed by atoms with Crippen molar-refractivity contribution in [1.82, 2.24) is 9.13 Å². The molecule has 0 aromatic heterocycles. The Morgan fingerprint density at radius 1 is 0.733 bits per heavy atom. The van der Waals surface area contributed by atoms with E-state index in [1.165, 1.54) is 0 Å². The van der Waals surface area contributed by atoms with Crippen LogP contribution in [-0.4, -0.2) is 65.1 Å². The molecule has 0 N–H and O–H groups in total. The molecule has 2 aliphatic rings. The van der Waals surface area contributed by atoms with Gasteiger partial charge in [0.15, 0.2) is 0 Å². The molecule has 0 radical (unpaired) electrons. The zero-order valence-electron chi connectivity index (χ0n) is 8.62. The molecular weight excluding hydrogens is 438 g/mol. The van der Waals surface area contributed by atoms with Gasteiger partial charge in [-0.2, -0.15) is 0 Å². The first-order chi connectivity index (χ1) is 7.21. The smallest absolute Gasteiger partial charge is 0.343 e. The summed E-state index contributed by atoms with van der Waals surface area (Å²) < 4.78 is 14.6. The third-order valence-corrected chi connectivity index (χ3v) is 13.4. The fraction of sp³-hybridized carbons (Fsp3) is 1.00. The number of morpholine rings is 2. The SMILES string of the molecule is I[Si](I)(N1CCOCC1)N1CCOCC1. The Morgan fingerprint density at radius 3 is 1.40 bits per heavy atom. The molecule has 0 spiro atoms. The van der Waals surface area contributed by atoms with Crippen molar-refractivity contribution in [3.05, 3.63) is 0 Å². The first kappa shape index (κ1) is 13.0. The highest BCUT2D eigenvalue weighted by molar-refractivity contribution is 14.3. The Morgan fingerprint density at radius 2 is 1.07 bits per heavy atom. The lowest BCUT2D eigenvalue weighted by molar-refractivity contribution is 0.0518. The number of nitrogens with zero attached hydrogens (tertiary/aromatic N) is 2. The Bertz CT molecular complexity index is 189. The van der Waals surface area contributed by atoms with Gasteiger partial charge in [-0.25, -0.2) is 0 Å². The molecule has 0 aromatic carbocycles. The van der Waals surface area contributed by atoms with Crippen LogP contribution in [0.15, 0.2) is 0 Å². The van der Waals surface area contributed by atoms with Gasteiger partial charge in [0.2, 0.25) is 0 Å². The average Bonchev–Trinajstić information content (AvgIpc) is 2.31. The van der Waals surface area contributed by atoms with E-state index in [0.29, 0.717) is 0 Å². The molecule has 15 heavy (non-hydrogen) atoms. The summed E-state index contributed by atoms with van der Waals surface area (Å²) in [7, 11) is 0. The first-order valence-electron chi connectivity index (χ1n) is 5.24. The Labute approximate surface area is 117 Å². The maximum Gasteiger partial charge on any atom is 0.343 e. The standard InChI is InChI=1S/C8H16I2N2O2Si/c9-15(10,11-1-5-13-6-2-11)12-3-7-14-8-4-12/h1-8H2. The quantitative estimate of drug-likeness (QED) is 0.353. The molecule has 4 nitrogen and oxygen atoms in total.